The molecule has 4 nitrogen and oxygen atoms in total. The fraction of sp³-hybridized carbons (Fsp3) is 0.538. The van der Waals surface area contributed by atoms with Crippen molar-refractivity contribution in [1.29, 1.82) is 0 Å². The van der Waals surface area contributed by atoms with Crippen molar-refractivity contribution in [2.75, 3.05) is 17.0 Å². The van der Waals surface area contributed by atoms with Crippen LogP contribution in [-0.2, 0) is 10.0 Å². The van der Waals surface area contributed by atoms with Gasteiger partial charge in [-0.15, -0.1) is 0 Å². The van der Waals surface area contributed by atoms with Gasteiger partial charge in [-0.1, -0.05) is 29.8 Å². The fourth-order valence-electron chi connectivity index (χ4n) is 1.56. The van der Waals surface area contributed by atoms with Crippen LogP contribution in [0.25, 0.3) is 0 Å². The van der Waals surface area contributed by atoms with Crippen molar-refractivity contribution in [2.45, 2.75) is 32.7 Å². The minimum atomic E-state index is -3.24. The predicted octanol–water partition coefficient (Wildman–Crippen LogP) is 2.97. The summed E-state index contributed by atoms with van der Waals surface area (Å²) in [7, 11) is -3.24. The molecule has 0 saturated carbocycles. The first-order chi connectivity index (χ1) is 8.89. The van der Waals surface area contributed by atoms with E-state index in [0.717, 1.165) is 17.4 Å². The van der Waals surface area contributed by atoms with Crippen molar-refractivity contribution in [2.24, 2.45) is 0 Å². The summed E-state index contributed by atoms with van der Waals surface area (Å²) in [6.45, 7) is 5.00. The SMILES string of the molecule is CC(C)NCCCCS(=O)(=O)Nc1ccc(Br)cc1. The lowest BCUT2D eigenvalue weighted by Gasteiger charge is -2.09. The second-order valence-electron chi connectivity index (χ2n) is 4.74. The summed E-state index contributed by atoms with van der Waals surface area (Å²) in [5.41, 5.74) is 0.600. The van der Waals surface area contributed by atoms with Crippen LogP contribution in [0.1, 0.15) is 26.7 Å². The molecule has 0 bridgehead atoms. The molecule has 0 aliphatic rings. The highest BCUT2D eigenvalue weighted by atomic mass is 79.9. The number of unbranched alkanes of at least 4 members (excludes halogenated alkanes) is 1. The van der Waals surface area contributed by atoms with Crippen molar-refractivity contribution in [3.8, 4) is 0 Å². The molecule has 0 unspecified atom stereocenters. The number of benzene rings is 1. The van der Waals surface area contributed by atoms with Crippen LogP contribution < -0.4 is 10.0 Å². The summed E-state index contributed by atoms with van der Waals surface area (Å²) in [5, 5.41) is 3.27. The fourth-order valence-corrected chi connectivity index (χ4v) is 3.00. The van der Waals surface area contributed by atoms with Crippen LogP contribution in [0.2, 0.25) is 0 Å². The molecule has 2 N–H and O–H groups in total. The van der Waals surface area contributed by atoms with Crippen molar-refractivity contribution in [3.05, 3.63) is 28.7 Å². The Balaban J connectivity index is 2.34. The molecule has 0 radical (unpaired) electrons. The monoisotopic (exact) mass is 348 g/mol. The molecule has 0 atom stereocenters. The van der Waals surface area contributed by atoms with E-state index in [4.69, 9.17) is 0 Å². The molecule has 1 rings (SSSR count). The number of hydrogen-bond donors (Lipinski definition) is 2. The number of halogens is 1. The maximum absolute atomic E-state index is 11.8. The van der Waals surface area contributed by atoms with Crippen molar-refractivity contribution in [3.63, 3.8) is 0 Å². The molecular weight excluding hydrogens is 328 g/mol. The van der Waals surface area contributed by atoms with E-state index in [-0.39, 0.29) is 5.75 Å². The molecule has 19 heavy (non-hydrogen) atoms. The third-order valence-electron chi connectivity index (χ3n) is 2.51. The zero-order valence-electron chi connectivity index (χ0n) is 11.3. The molecule has 0 saturated heterocycles. The van der Waals surface area contributed by atoms with E-state index in [9.17, 15) is 8.42 Å². The minimum absolute atomic E-state index is 0.156. The first-order valence-electron chi connectivity index (χ1n) is 6.38. The van der Waals surface area contributed by atoms with Crippen LogP contribution in [-0.4, -0.2) is 26.8 Å². The molecule has 108 valence electrons. The van der Waals surface area contributed by atoms with Crippen molar-refractivity contribution in [1.82, 2.24) is 5.32 Å². The third-order valence-corrected chi connectivity index (χ3v) is 4.41. The van der Waals surface area contributed by atoms with E-state index >= 15 is 0 Å². The summed E-state index contributed by atoms with van der Waals surface area (Å²) in [6, 6.07) is 7.54. The number of rotatable bonds is 8. The van der Waals surface area contributed by atoms with Gasteiger partial charge < -0.3 is 5.32 Å². The second kappa shape index (κ2) is 7.87. The number of anilines is 1. The molecule has 0 heterocycles. The average Bonchev–Trinajstić information content (AvgIpc) is 2.31. The van der Waals surface area contributed by atoms with E-state index in [0.29, 0.717) is 18.2 Å². The van der Waals surface area contributed by atoms with Gasteiger partial charge >= 0.3 is 0 Å². The molecule has 6 heteroatoms. The molecule has 0 aliphatic heterocycles. The van der Waals surface area contributed by atoms with Crippen LogP contribution in [0.3, 0.4) is 0 Å². The van der Waals surface area contributed by atoms with Crippen LogP contribution in [0.5, 0.6) is 0 Å². The molecule has 0 aliphatic carbocycles. The van der Waals surface area contributed by atoms with Gasteiger partial charge in [0.25, 0.3) is 0 Å². The Labute approximate surface area is 124 Å². The molecular formula is C13H21BrN2O2S. The molecule has 0 amide bonds. The van der Waals surface area contributed by atoms with E-state index in [1.54, 1.807) is 12.1 Å². The maximum atomic E-state index is 11.8. The van der Waals surface area contributed by atoms with Gasteiger partial charge in [0.05, 0.1) is 5.75 Å². The van der Waals surface area contributed by atoms with Gasteiger partial charge in [-0.3, -0.25) is 4.72 Å². The summed E-state index contributed by atoms with van der Waals surface area (Å²) in [5.74, 6) is 0.156. The molecule has 0 fully saturated rings. The van der Waals surface area contributed by atoms with Gasteiger partial charge in [-0.25, -0.2) is 8.42 Å². The van der Waals surface area contributed by atoms with Crippen molar-refractivity contribution < 1.29 is 8.42 Å². The number of hydrogen-bond acceptors (Lipinski definition) is 3. The first kappa shape index (κ1) is 16.5. The van der Waals surface area contributed by atoms with Gasteiger partial charge in [0.15, 0.2) is 0 Å². The standard InChI is InChI=1S/C13H21BrN2O2S/c1-11(2)15-9-3-4-10-19(17,18)16-13-7-5-12(14)6-8-13/h5-8,11,15-16H,3-4,9-10H2,1-2H3. The van der Waals surface area contributed by atoms with Gasteiger partial charge in [0, 0.05) is 16.2 Å². The Morgan fingerprint density at radius 3 is 2.37 bits per heavy atom. The zero-order valence-corrected chi connectivity index (χ0v) is 13.7. The minimum Gasteiger partial charge on any atom is -0.315 e. The predicted molar refractivity (Wildman–Crippen MR) is 83.9 cm³/mol. The smallest absolute Gasteiger partial charge is 0.232 e. The average molecular weight is 349 g/mol. The topological polar surface area (TPSA) is 58.2 Å². The summed E-state index contributed by atoms with van der Waals surface area (Å²) in [6.07, 6.45) is 1.52. The molecule has 1 aromatic carbocycles. The lowest BCUT2D eigenvalue weighted by molar-refractivity contribution is 0.561. The van der Waals surface area contributed by atoms with E-state index in [1.807, 2.05) is 12.1 Å². The Morgan fingerprint density at radius 2 is 1.79 bits per heavy atom. The number of sulfonamides is 1. The third kappa shape index (κ3) is 7.54. The van der Waals surface area contributed by atoms with Gasteiger partial charge in [-0.2, -0.15) is 0 Å². The van der Waals surface area contributed by atoms with Crippen LogP contribution in [0.4, 0.5) is 5.69 Å². The Morgan fingerprint density at radius 1 is 1.16 bits per heavy atom. The second-order valence-corrected chi connectivity index (χ2v) is 7.50. The van der Waals surface area contributed by atoms with Crippen LogP contribution in [0, 0.1) is 0 Å². The quantitative estimate of drug-likeness (QED) is 0.710. The van der Waals surface area contributed by atoms with Gasteiger partial charge in [0.1, 0.15) is 0 Å². The Hall–Kier alpha value is -0.590. The summed E-state index contributed by atoms with van der Waals surface area (Å²) >= 11 is 3.31. The van der Waals surface area contributed by atoms with E-state index < -0.39 is 10.0 Å². The lowest BCUT2D eigenvalue weighted by atomic mass is 10.3. The maximum Gasteiger partial charge on any atom is 0.232 e. The lowest BCUT2D eigenvalue weighted by Crippen LogP contribution is -2.24. The Kier molecular flexibility index (Phi) is 6.82. The highest BCUT2D eigenvalue weighted by molar-refractivity contribution is 9.10. The highest BCUT2D eigenvalue weighted by Crippen LogP contribution is 2.15. The molecule has 0 spiro atoms. The molecule has 0 aromatic heterocycles. The van der Waals surface area contributed by atoms with Gasteiger partial charge in [0.2, 0.25) is 10.0 Å². The summed E-state index contributed by atoms with van der Waals surface area (Å²) < 4.78 is 27.2. The number of nitrogens with one attached hydrogen (secondary N) is 2. The first-order valence-corrected chi connectivity index (χ1v) is 8.83. The summed E-state index contributed by atoms with van der Waals surface area (Å²) in [4.78, 5) is 0. The van der Waals surface area contributed by atoms with Crippen LogP contribution in [0.15, 0.2) is 28.7 Å². The zero-order chi connectivity index (χ0) is 14.3. The van der Waals surface area contributed by atoms with Gasteiger partial charge in [-0.05, 0) is 43.7 Å². The van der Waals surface area contributed by atoms with Crippen molar-refractivity contribution >= 4 is 31.6 Å². The molecule has 1 aromatic rings. The largest absolute Gasteiger partial charge is 0.315 e. The normalized spacial score (nSPS) is 11.8. The highest BCUT2D eigenvalue weighted by Gasteiger charge is 2.09. The van der Waals surface area contributed by atoms with E-state index in [2.05, 4.69) is 39.8 Å². The van der Waals surface area contributed by atoms with Crippen LogP contribution >= 0.6 is 15.9 Å². The van der Waals surface area contributed by atoms with E-state index in [1.165, 1.54) is 0 Å². The Bertz CT molecular complexity index is 472.